The number of ether oxygens (including phenoxy) is 2. The lowest BCUT2D eigenvalue weighted by molar-refractivity contribution is -0.133. The van der Waals surface area contributed by atoms with Crippen molar-refractivity contribution in [2.24, 2.45) is 5.73 Å². The highest BCUT2D eigenvalue weighted by Crippen LogP contribution is 2.40. The highest BCUT2D eigenvalue weighted by Gasteiger charge is 2.50. The second-order valence-electron chi connectivity index (χ2n) is 7.99. The summed E-state index contributed by atoms with van der Waals surface area (Å²) in [5, 5.41) is 5.68. The van der Waals surface area contributed by atoms with Crippen LogP contribution >= 0.6 is 11.3 Å². The van der Waals surface area contributed by atoms with Crippen molar-refractivity contribution >= 4 is 40.1 Å². The van der Waals surface area contributed by atoms with Crippen LogP contribution in [0.1, 0.15) is 39.7 Å². The number of rotatable bonds is 5. The van der Waals surface area contributed by atoms with Crippen LogP contribution in [-0.4, -0.2) is 42.0 Å². The molecule has 1 aliphatic carbocycles. The summed E-state index contributed by atoms with van der Waals surface area (Å²) in [6.07, 6.45) is 2.51. The summed E-state index contributed by atoms with van der Waals surface area (Å²) in [7, 11) is 0. The van der Waals surface area contributed by atoms with Crippen LogP contribution in [0.5, 0.6) is 11.5 Å². The third-order valence-electron chi connectivity index (χ3n) is 5.95. The fourth-order valence-electron chi connectivity index (χ4n) is 4.31. The predicted octanol–water partition coefficient (Wildman–Crippen LogP) is 1.47. The molecule has 3 aliphatic rings. The lowest BCUT2D eigenvalue weighted by Gasteiger charge is -2.22. The van der Waals surface area contributed by atoms with Crippen molar-refractivity contribution < 1.29 is 28.7 Å². The number of urea groups is 1. The van der Waals surface area contributed by atoms with Crippen LogP contribution in [0.4, 0.5) is 9.80 Å². The number of imide groups is 1. The first kappa shape index (κ1) is 20.3. The minimum atomic E-state index is -1.36. The summed E-state index contributed by atoms with van der Waals surface area (Å²) >= 11 is 1.31. The first-order valence-electron chi connectivity index (χ1n) is 10.1. The average Bonchev–Trinajstić information content (AvgIpc) is 3.48. The van der Waals surface area contributed by atoms with Crippen molar-refractivity contribution in [2.45, 2.75) is 31.7 Å². The number of hydrogen-bond donors (Lipinski definition) is 3. The minimum absolute atomic E-state index is 0.0849. The van der Waals surface area contributed by atoms with Gasteiger partial charge in [0.05, 0.1) is 5.56 Å². The van der Waals surface area contributed by atoms with Gasteiger partial charge in [-0.3, -0.25) is 19.3 Å². The summed E-state index contributed by atoms with van der Waals surface area (Å²) in [5.41, 5.74) is 5.87. The summed E-state index contributed by atoms with van der Waals surface area (Å²) in [5.74, 6) is -0.735. The molecule has 1 atom stereocenters. The second kappa shape index (κ2) is 7.23. The first-order valence-corrected chi connectivity index (χ1v) is 10.9. The van der Waals surface area contributed by atoms with E-state index in [-0.39, 0.29) is 6.79 Å². The van der Waals surface area contributed by atoms with Crippen LogP contribution in [0.3, 0.4) is 0 Å². The number of nitrogens with one attached hydrogen (secondary N) is 2. The van der Waals surface area contributed by atoms with Gasteiger partial charge in [-0.2, -0.15) is 0 Å². The number of benzene rings is 1. The van der Waals surface area contributed by atoms with E-state index in [2.05, 4.69) is 10.6 Å². The number of carbonyl (C=O) groups excluding carboxylic acids is 4. The van der Waals surface area contributed by atoms with Crippen molar-refractivity contribution in [3.8, 4) is 11.5 Å². The molecule has 0 saturated carbocycles. The zero-order chi connectivity index (χ0) is 22.6. The monoisotopic (exact) mass is 456 g/mol. The van der Waals surface area contributed by atoms with E-state index in [0.717, 1.165) is 34.6 Å². The molecule has 0 bridgehead atoms. The van der Waals surface area contributed by atoms with E-state index in [1.165, 1.54) is 11.3 Å². The molecule has 2 aliphatic heterocycles. The van der Waals surface area contributed by atoms with Gasteiger partial charge in [0.15, 0.2) is 11.5 Å². The molecule has 4 N–H and O–H groups in total. The van der Waals surface area contributed by atoms with E-state index in [9.17, 15) is 19.2 Å². The highest BCUT2D eigenvalue weighted by molar-refractivity contribution is 7.17. The second-order valence-corrected chi connectivity index (χ2v) is 9.09. The lowest BCUT2D eigenvalue weighted by atomic mass is 9.91. The van der Waals surface area contributed by atoms with Crippen LogP contribution in [0.25, 0.3) is 0 Å². The highest BCUT2D eigenvalue weighted by atomic mass is 32.1. The molecule has 5 amide bonds. The van der Waals surface area contributed by atoms with Gasteiger partial charge in [-0.1, -0.05) is 6.07 Å². The number of nitrogens with zero attached hydrogens (tertiary/aromatic N) is 1. The summed E-state index contributed by atoms with van der Waals surface area (Å²) in [6, 6.07) is 4.28. The standard InChI is InChI=1S/C21H20N4O6S/c1-21(10-5-6-12-13(7-10)31-9-30-12)19(28)25(20(29)24-21)8-15(26)23-18-16(17(22)27)11-3-2-4-14(11)32-18/h5-7H,2-4,8-9H2,1H3,(H2,22,27)(H,23,26)(H,24,29). The third-order valence-corrected chi connectivity index (χ3v) is 7.15. The fraction of sp³-hybridized carbons (Fsp3) is 0.333. The van der Waals surface area contributed by atoms with E-state index >= 15 is 0 Å². The smallest absolute Gasteiger partial charge is 0.325 e. The molecular weight excluding hydrogens is 436 g/mol. The Balaban J connectivity index is 1.34. The van der Waals surface area contributed by atoms with Crippen molar-refractivity contribution in [3.05, 3.63) is 39.8 Å². The average molecular weight is 456 g/mol. The molecule has 32 heavy (non-hydrogen) atoms. The summed E-state index contributed by atoms with van der Waals surface area (Å²) in [4.78, 5) is 52.2. The number of nitrogens with two attached hydrogens (primary N) is 1. The number of aryl methyl sites for hydroxylation is 1. The molecule has 11 heteroatoms. The van der Waals surface area contributed by atoms with Crippen LogP contribution in [-0.2, 0) is 28.0 Å². The van der Waals surface area contributed by atoms with E-state index in [0.29, 0.717) is 27.6 Å². The van der Waals surface area contributed by atoms with E-state index < -0.39 is 35.8 Å². The third kappa shape index (κ3) is 3.08. The zero-order valence-corrected chi connectivity index (χ0v) is 18.0. The lowest BCUT2D eigenvalue weighted by Crippen LogP contribution is -2.42. The topological polar surface area (TPSA) is 140 Å². The zero-order valence-electron chi connectivity index (χ0n) is 17.1. The molecule has 166 valence electrons. The van der Waals surface area contributed by atoms with Gasteiger partial charge in [0.2, 0.25) is 12.7 Å². The van der Waals surface area contributed by atoms with Crippen LogP contribution in [0.15, 0.2) is 18.2 Å². The van der Waals surface area contributed by atoms with Gasteiger partial charge in [0.25, 0.3) is 11.8 Å². The molecule has 0 spiro atoms. The molecule has 1 aromatic carbocycles. The summed E-state index contributed by atoms with van der Waals surface area (Å²) in [6.45, 7) is 1.16. The minimum Gasteiger partial charge on any atom is -0.454 e. The molecule has 1 unspecified atom stereocenters. The van der Waals surface area contributed by atoms with Gasteiger partial charge >= 0.3 is 6.03 Å². The molecule has 3 heterocycles. The van der Waals surface area contributed by atoms with E-state index in [4.69, 9.17) is 15.2 Å². The van der Waals surface area contributed by atoms with Crippen molar-refractivity contribution in [1.29, 1.82) is 0 Å². The Hall–Kier alpha value is -3.60. The maximum atomic E-state index is 13.1. The Morgan fingerprint density at radius 1 is 1.25 bits per heavy atom. The van der Waals surface area contributed by atoms with Crippen molar-refractivity contribution in [3.63, 3.8) is 0 Å². The largest absolute Gasteiger partial charge is 0.454 e. The van der Waals surface area contributed by atoms with Gasteiger partial charge in [0, 0.05) is 4.88 Å². The molecular formula is C21H20N4O6S. The van der Waals surface area contributed by atoms with Crippen molar-refractivity contribution in [1.82, 2.24) is 10.2 Å². The van der Waals surface area contributed by atoms with E-state index in [1.54, 1.807) is 25.1 Å². The molecule has 5 rings (SSSR count). The maximum Gasteiger partial charge on any atom is 0.325 e. The van der Waals surface area contributed by atoms with Gasteiger partial charge in [-0.15, -0.1) is 11.3 Å². The van der Waals surface area contributed by atoms with Crippen LogP contribution < -0.4 is 25.8 Å². The molecule has 1 aromatic heterocycles. The van der Waals surface area contributed by atoms with Gasteiger partial charge in [-0.25, -0.2) is 4.79 Å². The Morgan fingerprint density at radius 2 is 2.03 bits per heavy atom. The maximum absolute atomic E-state index is 13.1. The Bertz CT molecular complexity index is 1190. The Kier molecular flexibility index (Phi) is 4.59. The molecule has 2 aromatic rings. The molecule has 1 fully saturated rings. The molecule has 0 radical (unpaired) electrons. The van der Waals surface area contributed by atoms with Crippen molar-refractivity contribution in [2.75, 3.05) is 18.7 Å². The predicted molar refractivity (Wildman–Crippen MR) is 114 cm³/mol. The number of primary amides is 1. The van der Waals surface area contributed by atoms with E-state index in [1.807, 2.05) is 0 Å². The number of hydrogen-bond acceptors (Lipinski definition) is 7. The number of thiophene rings is 1. The summed E-state index contributed by atoms with van der Waals surface area (Å²) < 4.78 is 10.6. The quantitative estimate of drug-likeness (QED) is 0.582. The first-order chi connectivity index (χ1) is 15.3. The SMILES string of the molecule is CC1(c2ccc3c(c2)OCO3)NC(=O)N(CC(=O)Nc2sc3c(c2C(N)=O)CCC3)C1=O. The number of fused-ring (bicyclic) bond motifs is 2. The van der Waals surface area contributed by atoms with Gasteiger partial charge < -0.3 is 25.8 Å². The molecule has 1 saturated heterocycles. The Labute approximate surface area is 186 Å². The fourth-order valence-corrected chi connectivity index (χ4v) is 5.62. The van der Waals surface area contributed by atoms with Gasteiger partial charge in [0.1, 0.15) is 17.1 Å². The number of amides is 5. The van der Waals surface area contributed by atoms with Crippen LogP contribution in [0, 0.1) is 0 Å². The number of carbonyl (C=O) groups is 4. The number of anilines is 1. The molecule has 10 nitrogen and oxygen atoms in total. The van der Waals surface area contributed by atoms with Crippen LogP contribution in [0.2, 0.25) is 0 Å². The Morgan fingerprint density at radius 3 is 2.81 bits per heavy atom. The van der Waals surface area contributed by atoms with Gasteiger partial charge in [-0.05, 0) is 49.4 Å². The normalized spacial score (nSPS) is 21.0.